The Morgan fingerprint density at radius 3 is 2.62 bits per heavy atom. The molecule has 0 spiro atoms. The molecule has 0 fully saturated rings. The zero-order valence-electron chi connectivity index (χ0n) is 14.2. The third-order valence-corrected chi connectivity index (χ3v) is 4.85. The van der Waals surface area contributed by atoms with E-state index in [9.17, 15) is 4.79 Å². The van der Waals surface area contributed by atoms with E-state index in [1.807, 2.05) is 38.1 Å². The number of hydrogen-bond acceptors (Lipinski definition) is 2. The molecule has 1 aliphatic heterocycles. The van der Waals surface area contributed by atoms with E-state index in [1.54, 1.807) is 18.2 Å². The number of anilines is 1. The molecule has 0 saturated heterocycles. The Kier molecular flexibility index (Phi) is 5.51. The third-order valence-electron chi connectivity index (χ3n) is 4.06. The van der Waals surface area contributed by atoms with Crippen molar-refractivity contribution < 1.29 is 4.79 Å². The maximum atomic E-state index is 13.0. The van der Waals surface area contributed by atoms with Gasteiger partial charge in [-0.25, -0.2) is 0 Å². The SMILES string of the molecule is CC1=C(C(=O)Nc2cccc(C)c2)[C@H](c2ccc(Cl)cc2Cl)NC(=S)N1. The first-order chi connectivity index (χ1) is 12.3. The summed E-state index contributed by atoms with van der Waals surface area (Å²) >= 11 is 17.6. The molecule has 2 aromatic rings. The number of aryl methyl sites for hydroxylation is 1. The summed E-state index contributed by atoms with van der Waals surface area (Å²) in [5.41, 5.74) is 3.71. The fraction of sp³-hybridized carbons (Fsp3) is 0.158. The zero-order valence-corrected chi connectivity index (χ0v) is 16.5. The standard InChI is InChI=1S/C19H17Cl2N3OS/c1-10-4-3-5-13(8-10)23-18(25)16-11(2)22-19(26)24-17(16)14-7-6-12(20)9-15(14)21/h3-9,17H,1-2H3,(H,23,25)(H2,22,24,26)/t17-/m0/s1. The predicted molar refractivity (Wildman–Crippen MR) is 111 cm³/mol. The molecule has 4 nitrogen and oxygen atoms in total. The van der Waals surface area contributed by atoms with Gasteiger partial charge in [-0.1, -0.05) is 41.4 Å². The second-order valence-corrected chi connectivity index (χ2v) is 7.31. The van der Waals surface area contributed by atoms with Gasteiger partial charge in [-0.15, -0.1) is 0 Å². The highest BCUT2D eigenvalue weighted by Crippen LogP contribution is 2.33. The van der Waals surface area contributed by atoms with E-state index in [1.165, 1.54) is 0 Å². The highest BCUT2D eigenvalue weighted by atomic mass is 35.5. The molecule has 0 saturated carbocycles. The molecule has 7 heteroatoms. The van der Waals surface area contributed by atoms with Crippen LogP contribution in [0.4, 0.5) is 5.69 Å². The lowest BCUT2D eigenvalue weighted by Crippen LogP contribution is -2.45. The van der Waals surface area contributed by atoms with Gasteiger partial charge in [-0.2, -0.15) is 0 Å². The molecule has 0 radical (unpaired) electrons. The van der Waals surface area contributed by atoms with Gasteiger partial charge in [0.05, 0.1) is 11.6 Å². The van der Waals surface area contributed by atoms with Crippen LogP contribution in [0.15, 0.2) is 53.7 Å². The van der Waals surface area contributed by atoms with E-state index in [4.69, 9.17) is 35.4 Å². The van der Waals surface area contributed by atoms with Crippen LogP contribution in [0.3, 0.4) is 0 Å². The molecule has 1 atom stereocenters. The monoisotopic (exact) mass is 405 g/mol. The number of allylic oxidation sites excluding steroid dienone is 1. The zero-order chi connectivity index (χ0) is 18.8. The second-order valence-electron chi connectivity index (χ2n) is 6.06. The highest BCUT2D eigenvalue weighted by molar-refractivity contribution is 7.80. The average Bonchev–Trinajstić information content (AvgIpc) is 2.53. The molecule has 0 unspecified atom stereocenters. The van der Waals surface area contributed by atoms with Gasteiger partial charge in [-0.05, 0) is 61.5 Å². The number of carbonyl (C=O) groups is 1. The lowest BCUT2D eigenvalue weighted by Gasteiger charge is -2.31. The van der Waals surface area contributed by atoms with Crippen molar-refractivity contribution in [3.05, 3.63) is 74.9 Å². The number of thiocarbonyl (C=S) groups is 1. The number of amides is 1. The summed E-state index contributed by atoms with van der Waals surface area (Å²) in [4.78, 5) is 13.0. The number of hydrogen-bond donors (Lipinski definition) is 3. The van der Waals surface area contributed by atoms with Crippen LogP contribution in [-0.4, -0.2) is 11.0 Å². The Balaban J connectivity index is 1.98. The van der Waals surface area contributed by atoms with E-state index in [0.29, 0.717) is 26.4 Å². The van der Waals surface area contributed by atoms with Gasteiger partial charge in [0.1, 0.15) is 0 Å². The lowest BCUT2D eigenvalue weighted by molar-refractivity contribution is -0.113. The summed E-state index contributed by atoms with van der Waals surface area (Å²) in [5, 5.41) is 10.5. The van der Waals surface area contributed by atoms with E-state index < -0.39 is 6.04 Å². The number of benzene rings is 2. The van der Waals surface area contributed by atoms with Gasteiger partial charge >= 0.3 is 0 Å². The number of halogens is 2. The Bertz CT molecular complexity index is 927. The number of carbonyl (C=O) groups excluding carboxylic acids is 1. The van der Waals surface area contributed by atoms with Crippen molar-refractivity contribution in [3.63, 3.8) is 0 Å². The van der Waals surface area contributed by atoms with E-state index >= 15 is 0 Å². The summed E-state index contributed by atoms with van der Waals surface area (Å²) in [6, 6.07) is 12.3. The molecule has 26 heavy (non-hydrogen) atoms. The smallest absolute Gasteiger partial charge is 0.255 e. The van der Waals surface area contributed by atoms with Crippen LogP contribution in [0.2, 0.25) is 10.0 Å². The summed E-state index contributed by atoms with van der Waals surface area (Å²) in [5.74, 6) is -0.230. The topological polar surface area (TPSA) is 53.2 Å². The Morgan fingerprint density at radius 2 is 1.92 bits per heavy atom. The molecular formula is C19H17Cl2N3OS. The van der Waals surface area contributed by atoms with Gasteiger partial charge < -0.3 is 16.0 Å². The Labute approximate surface area is 167 Å². The van der Waals surface area contributed by atoms with Crippen LogP contribution in [0.1, 0.15) is 24.1 Å². The molecular weight excluding hydrogens is 389 g/mol. The fourth-order valence-electron chi connectivity index (χ4n) is 2.88. The minimum Gasteiger partial charge on any atom is -0.351 e. The first kappa shape index (κ1) is 18.7. The van der Waals surface area contributed by atoms with Crippen molar-refractivity contribution >= 4 is 52.1 Å². The molecule has 1 aliphatic rings. The van der Waals surface area contributed by atoms with Crippen LogP contribution >= 0.6 is 35.4 Å². The maximum Gasteiger partial charge on any atom is 0.255 e. The Hall–Kier alpha value is -2.08. The summed E-state index contributed by atoms with van der Waals surface area (Å²) < 4.78 is 0. The van der Waals surface area contributed by atoms with Crippen molar-refractivity contribution in [3.8, 4) is 0 Å². The van der Waals surface area contributed by atoms with Gasteiger partial charge in [0.2, 0.25) is 0 Å². The van der Waals surface area contributed by atoms with Crippen molar-refractivity contribution in [1.82, 2.24) is 10.6 Å². The highest BCUT2D eigenvalue weighted by Gasteiger charge is 2.31. The van der Waals surface area contributed by atoms with Crippen molar-refractivity contribution in [2.45, 2.75) is 19.9 Å². The van der Waals surface area contributed by atoms with Crippen molar-refractivity contribution in [1.29, 1.82) is 0 Å². The van der Waals surface area contributed by atoms with Crippen molar-refractivity contribution in [2.24, 2.45) is 0 Å². The van der Waals surface area contributed by atoms with Gasteiger partial charge in [0.15, 0.2) is 5.11 Å². The molecule has 0 aliphatic carbocycles. The van der Waals surface area contributed by atoms with Gasteiger partial charge in [0.25, 0.3) is 5.91 Å². The minimum absolute atomic E-state index is 0.230. The van der Waals surface area contributed by atoms with Gasteiger partial charge in [-0.3, -0.25) is 4.79 Å². The quantitative estimate of drug-likeness (QED) is 0.645. The van der Waals surface area contributed by atoms with Crippen LogP contribution < -0.4 is 16.0 Å². The average molecular weight is 406 g/mol. The number of rotatable bonds is 3. The molecule has 0 aromatic heterocycles. The van der Waals surface area contributed by atoms with Gasteiger partial charge in [0, 0.05) is 21.4 Å². The van der Waals surface area contributed by atoms with Crippen LogP contribution in [0.5, 0.6) is 0 Å². The second kappa shape index (κ2) is 7.66. The molecule has 0 bridgehead atoms. The molecule has 3 rings (SSSR count). The summed E-state index contributed by atoms with van der Waals surface area (Å²) in [7, 11) is 0. The van der Waals surface area contributed by atoms with E-state index in [-0.39, 0.29) is 5.91 Å². The molecule has 2 aromatic carbocycles. The first-order valence-electron chi connectivity index (χ1n) is 7.96. The molecule has 134 valence electrons. The van der Waals surface area contributed by atoms with Crippen LogP contribution in [-0.2, 0) is 4.79 Å². The fourth-order valence-corrected chi connectivity index (χ4v) is 3.67. The lowest BCUT2D eigenvalue weighted by atomic mass is 9.95. The molecule has 3 N–H and O–H groups in total. The summed E-state index contributed by atoms with van der Waals surface area (Å²) in [6.45, 7) is 3.79. The van der Waals surface area contributed by atoms with Crippen molar-refractivity contribution in [2.75, 3.05) is 5.32 Å². The number of nitrogens with one attached hydrogen (secondary N) is 3. The molecule has 1 heterocycles. The van der Waals surface area contributed by atoms with E-state index in [0.717, 1.165) is 16.8 Å². The van der Waals surface area contributed by atoms with Crippen LogP contribution in [0, 0.1) is 6.92 Å². The predicted octanol–water partition coefficient (Wildman–Crippen LogP) is 4.73. The third kappa shape index (κ3) is 4.01. The van der Waals surface area contributed by atoms with E-state index in [2.05, 4.69) is 16.0 Å². The van der Waals surface area contributed by atoms with Crippen LogP contribution in [0.25, 0.3) is 0 Å². The largest absolute Gasteiger partial charge is 0.351 e. The normalized spacial score (nSPS) is 16.8. The minimum atomic E-state index is -0.474. The maximum absolute atomic E-state index is 13.0. The first-order valence-corrected chi connectivity index (χ1v) is 9.13. The Morgan fingerprint density at radius 1 is 1.15 bits per heavy atom. The molecule has 1 amide bonds. The summed E-state index contributed by atoms with van der Waals surface area (Å²) in [6.07, 6.45) is 0.